The van der Waals surface area contributed by atoms with Gasteiger partial charge in [0, 0.05) is 24.3 Å². The minimum Gasteiger partial charge on any atom is -0.478 e. The minimum absolute atomic E-state index is 0.0999. The summed E-state index contributed by atoms with van der Waals surface area (Å²) in [6.07, 6.45) is 0.677. The van der Waals surface area contributed by atoms with Crippen LogP contribution in [0.3, 0.4) is 0 Å². The molecule has 24 heavy (non-hydrogen) atoms. The summed E-state index contributed by atoms with van der Waals surface area (Å²) in [4.78, 5) is 23.5. The molecule has 1 amide bonds. The molecule has 6 nitrogen and oxygen atoms in total. The molecule has 0 aromatic heterocycles. The summed E-state index contributed by atoms with van der Waals surface area (Å²) in [6.45, 7) is 2.27. The van der Waals surface area contributed by atoms with Gasteiger partial charge in [-0.15, -0.1) is 0 Å². The third-order valence-corrected chi connectivity index (χ3v) is 3.79. The fourth-order valence-corrected chi connectivity index (χ4v) is 2.56. The molecule has 0 aliphatic rings. The van der Waals surface area contributed by atoms with Gasteiger partial charge in [0.1, 0.15) is 0 Å². The van der Waals surface area contributed by atoms with E-state index in [9.17, 15) is 9.59 Å². The smallest absolute Gasteiger partial charge is 0.335 e. The number of benzene rings is 2. The average Bonchev–Trinajstić information content (AvgIpc) is 2.55. The number of aromatic carboxylic acids is 1. The second kappa shape index (κ2) is 7.61. The lowest BCUT2D eigenvalue weighted by Crippen LogP contribution is -2.28. The Morgan fingerprint density at radius 3 is 2.42 bits per heavy atom. The highest BCUT2D eigenvalue weighted by Gasteiger charge is 2.16. The van der Waals surface area contributed by atoms with Crippen LogP contribution in [0.2, 0.25) is 0 Å². The van der Waals surface area contributed by atoms with Crippen molar-refractivity contribution in [3.63, 3.8) is 0 Å². The van der Waals surface area contributed by atoms with Gasteiger partial charge in [-0.3, -0.25) is 4.79 Å². The van der Waals surface area contributed by atoms with E-state index in [0.717, 1.165) is 5.56 Å². The van der Waals surface area contributed by atoms with Crippen LogP contribution in [0.5, 0.6) is 0 Å². The van der Waals surface area contributed by atoms with E-state index in [0.29, 0.717) is 35.3 Å². The topological polar surface area (TPSA) is 118 Å². The fraction of sp³-hybridized carbons (Fsp3) is 0.222. The summed E-state index contributed by atoms with van der Waals surface area (Å²) in [6, 6.07) is 10.4. The molecule has 0 radical (unpaired) electrons. The van der Waals surface area contributed by atoms with Crippen molar-refractivity contribution < 1.29 is 14.7 Å². The van der Waals surface area contributed by atoms with Crippen molar-refractivity contribution in [3.05, 3.63) is 64.2 Å². The minimum atomic E-state index is -1.04. The highest BCUT2D eigenvalue weighted by Crippen LogP contribution is 2.17. The molecule has 0 bridgehead atoms. The number of nitrogens with two attached hydrogens (primary N) is 2. The molecule has 0 unspecified atom stereocenters. The Hall–Kier alpha value is -2.86. The van der Waals surface area contributed by atoms with E-state index in [-0.39, 0.29) is 18.0 Å². The molecule has 0 fully saturated rings. The largest absolute Gasteiger partial charge is 0.478 e. The number of carbonyl (C=O) groups excluding carboxylic acids is 1. The number of nitrogen functional groups attached to an aromatic ring is 1. The van der Waals surface area contributed by atoms with Gasteiger partial charge in [0.2, 0.25) is 0 Å². The molecule has 6 heteroatoms. The van der Waals surface area contributed by atoms with Crippen LogP contribution in [0, 0.1) is 6.92 Å². The van der Waals surface area contributed by atoms with E-state index in [1.165, 1.54) is 12.1 Å². The number of carboxylic acids is 1. The van der Waals surface area contributed by atoms with Crippen LogP contribution in [-0.4, -0.2) is 23.5 Å². The van der Waals surface area contributed by atoms with Crippen molar-refractivity contribution in [1.29, 1.82) is 0 Å². The van der Waals surface area contributed by atoms with Crippen LogP contribution < -0.4 is 16.8 Å². The Morgan fingerprint density at radius 2 is 1.83 bits per heavy atom. The molecule has 0 saturated heterocycles. The molecule has 2 aromatic carbocycles. The number of hydrogen-bond donors (Lipinski definition) is 4. The van der Waals surface area contributed by atoms with E-state index in [2.05, 4.69) is 5.32 Å². The maximum Gasteiger partial charge on any atom is 0.335 e. The number of amides is 1. The Labute approximate surface area is 140 Å². The lowest BCUT2D eigenvalue weighted by atomic mass is 9.97. The Balaban J connectivity index is 2.09. The molecule has 0 atom stereocenters. The molecule has 0 aliphatic heterocycles. The van der Waals surface area contributed by atoms with E-state index < -0.39 is 5.97 Å². The van der Waals surface area contributed by atoms with Gasteiger partial charge in [-0.05, 0) is 54.3 Å². The third kappa shape index (κ3) is 4.11. The van der Waals surface area contributed by atoms with Crippen LogP contribution in [0.4, 0.5) is 5.69 Å². The maximum atomic E-state index is 12.4. The third-order valence-electron chi connectivity index (χ3n) is 3.79. The van der Waals surface area contributed by atoms with Gasteiger partial charge in [0.05, 0.1) is 5.56 Å². The summed E-state index contributed by atoms with van der Waals surface area (Å²) < 4.78 is 0. The monoisotopic (exact) mass is 327 g/mol. The van der Waals surface area contributed by atoms with Crippen molar-refractivity contribution in [2.45, 2.75) is 19.9 Å². The van der Waals surface area contributed by atoms with Crippen LogP contribution in [-0.2, 0) is 13.0 Å². The van der Waals surface area contributed by atoms with Crippen LogP contribution in [0.25, 0.3) is 0 Å². The van der Waals surface area contributed by atoms with Crippen molar-refractivity contribution in [3.8, 4) is 0 Å². The second-order valence-electron chi connectivity index (χ2n) is 5.58. The van der Waals surface area contributed by atoms with Crippen molar-refractivity contribution in [2.24, 2.45) is 5.73 Å². The van der Waals surface area contributed by atoms with E-state index in [1.54, 1.807) is 6.92 Å². The maximum absolute atomic E-state index is 12.4. The van der Waals surface area contributed by atoms with Gasteiger partial charge in [0.25, 0.3) is 5.91 Å². The van der Waals surface area contributed by atoms with E-state index in [1.807, 2.05) is 24.3 Å². The summed E-state index contributed by atoms with van der Waals surface area (Å²) in [7, 11) is 0. The number of nitrogens with one attached hydrogen (secondary N) is 1. The summed E-state index contributed by atoms with van der Waals surface area (Å²) in [5.41, 5.74) is 14.8. The zero-order chi connectivity index (χ0) is 17.7. The molecular formula is C18H21N3O3. The van der Waals surface area contributed by atoms with Crippen molar-refractivity contribution in [2.75, 3.05) is 12.3 Å². The van der Waals surface area contributed by atoms with Crippen molar-refractivity contribution in [1.82, 2.24) is 5.32 Å². The van der Waals surface area contributed by atoms with Gasteiger partial charge >= 0.3 is 5.97 Å². The van der Waals surface area contributed by atoms with E-state index in [4.69, 9.17) is 16.6 Å². The molecular weight excluding hydrogens is 306 g/mol. The average molecular weight is 327 g/mol. The fourth-order valence-electron chi connectivity index (χ4n) is 2.56. The molecule has 0 aliphatic carbocycles. The predicted molar refractivity (Wildman–Crippen MR) is 92.9 cm³/mol. The summed E-state index contributed by atoms with van der Waals surface area (Å²) >= 11 is 0. The first-order valence-electron chi connectivity index (χ1n) is 7.62. The number of hydrogen-bond acceptors (Lipinski definition) is 4. The first-order chi connectivity index (χ1) is 11.4. The number of carbonyl (C=O) groups is 2. The molecule has 126 valence electrons. The lowest BCUT2D eigenvalue weighted by molar-refractivity contribution is 0.0696. The Bertz CT molecular complexity index is 755. The summed E-state index contributed by atoms with van der Waals surface area (Å²) in [5.74, 6) is -1.29. The molecule has 0 spiro atoms. The Morgan fingerprint density at radius 1 is 1.17 bits per heavy atom. The SMILES string of the molecule is Cc1cc(C(=O)O)cc(CN)c1C(=O)NCCc1ccc(N)cc1. The van der Waals surface area contributed by atoms with Crippen LogP contribution in [0.1, 0.15) is 37.4 Å². The number of rotatable bonds is 6. The molecule has 0 heterocycles. The number of aryl methyl sites for hydroxylation is 1. The molecule has 6 N–H and O–H groups in total. The van der Waals surface area contributed by atoms with Gasteiger partial charge in [-0.1, -0.05) is 12.1 Å². The van der Waals surface area contributed by atoms with Crippen molar-refractivity contribution >= 4 is 17.6 Å². The highest BCUT2D eigenvalue weighted by molar-refractivity contribution is 5.99. The summed E-state index contributed by atoms with van der Waals surface area (Å²) in [5, 5.41) is 11.9. The predicted octanol–water partition coefficient (Wildman–Crippen LogP) is 1.71. The molecule has 2 aromatic rings. The van der Waals surface area contributed by atoms with E-state index >= 15 is 0 Å². The van der Waals surface area contributed by atoms with Gasteiger partial charge in [0.15, 0.2) is 0 Å². The number of carboxylic acid groups (broad SMARTS) is 1. The van der Waals surface area contributed by atoms with Crippen LogP contribution >= 0.6 is 0 Å². The van der Waals surface area contributed by atoms with Gasteiger partial charge < -0.3 is 21.9 Å². The number of anilines is 1. The molecule has 2 rings (SSSR count). The molecule has 0 saturated carbocycles. The van der Waals surface area contributed by atoms with Gasteiger partial charge in [-0.25, -0.2) is 4.79 Å². The zero-order valence-electron chi connectivity index (χ0n) is 13.5. The second-order valence-corrected chi connectivity index (χ2v) is 5.58. The first kappa shape index (κ1) is 17.5. The normalized spacial score (nSPS) is 10.4. The standard InChI is InChI=1S/C18H21N3O3/c1-11-8-13(18(23)24)9-14(10-19)16(11)17(22)21-7-6-12-2-4-15(20)5-3-12/h2-5,8-9H,6-7,10,19-20H2,1H3,(H,21,22)(H,23,24). The van der Waals surface area contributed by atoms with Crippen LogP contribution in [0.15, 0.2) is 36.4 Å². The first-order valence-corrected chi connectivity index (χ1v) is 7.62. The highest BCUT2D eigenvalue weighted by atomic mass is 16.4. The quantitative estimate of drug-likeness (QED) is 0.602. The Kier molecular flexibility index (Phi) is 5.55. The lowest BCUT2D eigenvalue weighted by Gasteiger charge is -2.13. The zero-order valence-corrected chi connectivity index (χ0v) is 13.5. The van der Waals surface area contributed by atoms with Gasteiger partial charge in [-0.2, -0.15) is 0 Å².